The molecule has 8 heteroatoms. The number of imidazole rings is 1. The van der Waals surface area contributed by atoms with Crippen molar-refractivity contribution >= 4 is 17.8 Å². The van der Waals surface area contributed by atoms with Gasteiger partial charge in [-0.25, -0.2) is 9.78 Å². The molecule has 0 fully saturated rings. The maximum atomic E-state index is 12.3. The Labute approximate surface area is 226 Å². The first-order chi connectivity index (χ1) is 18.0. The molecule has 38 heavy (non-hydrogen) atoms. The molecular weight excluding hydrogens is 480 g/mol. The average molecular weight is 523 g/mol. The Morgan fingerprint density at radius 1 is 1.21 bits per heavy atom. The molecule has 0 aromatic carbocycles. The van der Waals surface area contributed by atoms with Crippen molar-refractivity contribution in [2.75, 3.05) is 13.7 Å². The number of hydrogen-bond acceptors (Lipinski definition) is 5. The van der Waals surface area contributed by atoms with Crippen LogP contribution in [-0.4, -0.2) is 47.4 Å². The number of amides is 2. The fraction of sp³-hybridized carbons (Fsp3) is 0.467. The Balaban J connectivity index is 1.80. The predicted molar refractivity (Wildman–Crippen MR) is 150 cm³/mol. The monoisotopic (exact) mass is 522 g/mol. The summed E-state index contributed by atoms with van der Waals surface area (Å²) in [5.74, 6) is -1.21. The molecular formula is C30H42N4O4. The molecule has 2 amide bonds. The number of methoxy groups -OCH3 is 1. The number of carbonyl (C=O) groups excluding carboxylic acids is 3. The minimum absolute atomic E-state index is 0.0313. The highest BCUT2D eigenvalue weighted by Crippen LogP contribution is 2.40. The van der Waals surface area contributed by atoms with Crippen molar-refractivity contribution in [1.82, 2.24) is 20.6 Å². The van der Waals surface area contributed by atoms with E-state index in [-0.39, 0.29) is 36.6 Å². The SMILES string of the molecule is COC(=O)C(Cc1c[nH]cn1)NC(=O)CCNC(=O)/C=C(C)/C=C/C=C(C)/C=C/C1=C(C)CCCC1(C)C. The molecule has 1 aromatic rings. The number of rotatable bonds is 12. The zero-order chi connectivity index (χ0) is 28.1. The van der Waals surface area contributed by atoms with E-state index in [4.69, 9.17) is 4.74 Å². The Hall–Kier alpha value is -3.68. The summed E-state index contributed by atoms with van der Waals surface area (Å²) < 4.78 is 4.76. The molecule has 2 rings (SSSR count). The van der Waals surface area contributed by atoms with Crippen LogP contribution >= 0.6 is 0 Å². The van der Waals surface area contributed by atoms with Gasteiger partial charge in [0.05, 0.1) is 19.1 Å². The average Bonchev–Trinajstić information content (AvgIpc) is 3.35. The maximum absolute atomic E-state index is 12.3. The van der Waals surface area contributed by atoms with Gasteiger partial charge in [0.15, 0.2) is 0 Å². The third-order valence-corrected chi connectivity index (χ3v) is 6.57. The van der Waals surface area contributed by atoms with Crippen LogP contribution in [0.3, 0.4) is 0 Å². The minimum atomic E-state index is -0.847. The molecule has 0 saturated heterocycles. The van der Waals surface area contributed by atoms with Gasteiger partial charge in [-0.15, -0.1) is 0 Å². The molecule has 0 radical (unpaired) electrons. The van der Waals surface area contributed by atoms with Gasteiger partial charge in [-0.1, -0.05) is 55.4 Å². The molecule has 1 atom stereocenters. The fourth-order valence-corrected chi connectivity index (χ4v) is 4.45. The molecule has 0 aliphatic heterocycles. The summed E-state index contributed by atoms with van der Waals surface area (Å²) in [5.41, 5.74) is 5.66. The van der Waals surface area contributed by atoms with Crippen LogP contribution in [-0.2, 0) is 25.5 Å². The molecule has 0 spiro atoms. The summed E-state index contributed by atoms with van der Waals surface area (Å²) in [6, 6.07) is -0.847. The van der Waals surface area contributed by atoms with E-state index in [0.717, 1.165) is 11.1 Å². The van der Waals surface area contributed by atoms with E-state index in [1.165, 1.54) is 49.9 Å². The van der Waals surface area contributed by atoms with E-state index < -0.39 is 12.0 Å². The van der Waals surface area contributed by atoms with Crippen molar-refractivity contribution in [1.29, 1.82) is 0 Å². The topological polar surface area (TPSA) is 113 Å². The summed E-state index contributed by atoms with van der Waals surface area (Å²) in [5, 5.41) is 5.34. The summed E-state index contributed by atoms with van der Waals surface area (Å²) >= 11 is 0. The first-order valence-electron chi connectivity index (χ1n) is 13.1. The number of nitrogens with zero attached hydrogens (tertiary/aromatic N) is 1. The minimum Gasteiger partial charge on any atom is -0.467 e. The maximum Gasteiger partial charge on any atom is 0.328 e. The van der Waals surface area contributed by atoms with Crippen molar-refractivity contribution in [3.8, 4) is 0 Å². The number of hydrogen-bond donors (Lipinski definition) is 3. The lowest BCUT2D eigenvalue weighted by Gasteiger charge is -2.32. The van der Waals surface area contributed by atoms with Gasteiger partial charge in [0.2, 0.25) is 11.8 Å². The second-order valence-corrected chi connectivity index (χ2v) is 10.4. The number of nitrogens with one attached hydrogen (secondary N) is 3. The van der Waals surface area contributed by atoms with E-state index in [9.17, 15) is 14.4 Å². The van der Waals surface area contributed by atoms with Gasteiger partial charge in [-0.05, 0) is 56.6 Å². The largest absolute Gasteiger partial charge is 0.467 e. The molecule has 1 heterocycles. The lowest BCUT2D eigenvalue weighted by atomic mass is 9.72. The second-order valence-electron chi connectivity index (χ2n) is 10.4. The Kier molecular flexibility index (Phi) is 12.0. The van der Waals surface area contributed by atoms with Crippen LogP contribution < -0.4 is 10.6 Å². The molecule has 1 aromatic heterocycles. The lowest BCUT2D eigenvalue weighted by Crippen LogP contribution is -2.44. The van der Waals surface area contributed by atoms with Crippen LogP contribution in [0, 0.1) is 5.41 Å². The number of esters is 1. The molecule has 206 valence electrons. The summed E-state index contributed by atoms with van der Waals surface area (Å²) in [4.78, 5) is 43.4. The molecule has 1 unspecified atom stereocenters. The van der Waals surface area contributed by atoms with Crippen LogP contribution in [0.1, 0.15) is 66.0 Å². The van der Waals surface area contributed by atoms with Crippen molar-refractivity contribution < 1.29 is 19.1 Å². The normalized spacial score (nSPS) is 17.1. The number of aromatic nitrogens is 2. The summed E-state index contributed by atoms with van der Waals surface area (Å²) in [6.45, 7) is 10.9. The zero-order valence-electron chi connectivity index (χ0n) is 23.5. The predicted octanol–water partition coefficient (Wildman–Crippen LogP) is 4.65. The van der Waals surface area contributed by atoms with E-state index in [1.807, 2.05) is 25.2 Å². The number of ether oxygens (including phenoxy) is 1. The first-order valence-corrected chi connectivity index (χ1v) is 13.1. The molecule has 3 N–H and O–H groups in total. The van der Waals surface area contributed by atoms with Gasteiger partial charge in [-0.3, -0.25) is 9.59 Å². The van der Waals surface area contributed by atoms with Gasteiger partial charge in [-0.2, -0.15) is 0 Å². The summed E-state index contributed by atoms with van der Waals surface area (Å²) in [6.07, 6.45) is 18.7. The van der Waals surface area contributed by atoms with Crippen LogP contribution in [0.5, 0.6) is 0 Å². The third-order valence-electron chi connectivity index (χ3n) is 6.57. The van der Waals surface area contributed by atoms with Crippen LogP contribution in [0.25, 0.3) is 0 Å². The zero-order valence-corrected chi connectivity index (χ0v) is 23.5. The van der Waals surface area contributed by atoms with Gasteiger partial charge >= 0.3 is 5.97 Å². The van der Waals surface area contributed by atoms with Crippen molar-refractivity contribution in [2.45, 2.75) is 72.8 Å². The van der Waals surface area contributed by atoms with E-state index in [1.54, 1.807) is 6.20 Å². The number of H-pyrrole nitrogens is 1. The molecule has 0 saturated carbocycles. The quantitative estimate of drug-likeness (QED) is 0.210. The number of allylic oxidation sites excluding steroid dienone is 9. The summed E-state index contributed by atoms with van der Waals surface area (Å²) in [7, 11) is 1.26. The van der Waals surface area contributed by atoms with Crippen LogP contribution in [0.2, 0.25) is 0 Å². The molecule has 1 aliphatic carbocycles. The van der Waals surface area contributed by atoms with Crippen molar-refractivity contribution in [3.63, 3.8) is 0 Å². The van der Waals surface area contributed by atoms with E-state index in [2.05, 4.69) is 60.4 Å². The van der Waals surface area contributed by atoms with Crippen LogP contribution in [0.15, 0.2) is 71.3 Å². The van der Waals surface area contributed by atoms with Gasteiger partial charge in [0.25, 0.3) is 0 Å². The molecule has 8 nitrogen and oxygen atoms in total. The van der Waals surface area contributed by atoms with Crippen molar-refractivity contribution in [2.24, 2.45) is 5.41 Å². The lowest BCUT2D eigenvalue weighted by molar-refractivity contribution is -0.145. The third kappa shape index (κ3) is 10.4. The highest BCUT2D eigenvalue weighted by molar-refractivity contribution is 5.89. The standard InChI is InChI=1S/C30H42N4O4/c1-21(12-13-25-23(3)11-8-15-30(25,4)5)9-7-10-22(2)17-28(36)32-16-14-27(35)34-26(29(37)38-6)18-24-19-31-20-33-24/h7,9-10,12-13,17,19-20,26H,8,11,14-16,18H2,1-6H3,(H,31,33)(H,32,36)(H,34,35)/b10-7+,13-12+,21-9+,22-17+. The Morgan fingerprint density at radius 3 is 2.63 bits per heavy atom. The molecule has 0 bridgehead atoms. The Bertz CT molecular complexity index is 1120. The Morgan fingerprint density at radius 2 is 1.97 bits per heavy atom. The smallest absolute Gasteiger partial charge is 0.328 e. The van der Waals surface area contributed by atoms with Crippen LogP contribution in [0.4, 0.5) is 0 Å². The van der Waals surface area contributed by atoms with E-state index >= 15 is 0 Å². The molecule has 1 aliphatic rings. The fourth-order valence-electron chi connectivity index (χ4n) is 4.45. The number of aromatic amines is 1. The highest BCUT2D eigenvalue weighted by Gasteiger charge is 2.26. The second kappa shape index (κ2) is 14.9. The highest BCUT2D eigenvalue weighted by atomic mass is 16.5. The first kappa shape index (κ1) is 30.5. The van der Waals surface area contributed by atoms with E-state index in [0.29, 0.717) is 5.69 Å². The number of carbonyl (C=O) groups is 3. The van der Waals surface area contributed by atoms with Gasteiger partial charge in [0, 0.05) is 31.7 Å². The van der Waals surface area contributed by atoms with Gasteiger partial charge in [0.1, 0.15) is 6.04 Å². The van der Waals surface area contributed by atoms with Crippen molar-refractivity contribution in [3.05, 3.63) is 77.0 Å². The van der Waals surface area contributed by atoms with Gasteiger partial charge < -0.3 is 20.4 Å².